The average molecular weight is 256 g/mol. The minimum atomic E-state index is -3.09. The molecule has 6 nitrogen and oxygen atoms in total. The molecule has 0 aliphatic rings. The third kappa shape index (κ3) is 2.42. The predicted octanol–water partition coefficient (Wildman–Crippen LogP) is 2.85. The lowest BCUT2D eigenvalue weighted by Gasteiger charge is -2.08. The Hall–Kier alpha value is -2.51. The monoisotopic (exact) mass is 256 g/mol. The van der Waals surface area contributed by atoms with Crippen molar-refractivity contribution >= 4 is 5.69 Å². The molecule has 94 valence electrons. The number of nitro benzene ring substituents is 1. The minimum absolute atomic E-state index is 0.165. The maximum Gasteiger partial charge on any atom is 0.387 e. The second-order valence-corrected chi connectivity index (χ2v) is 3.18. The summed E-state index contributed by atoms with van der Waals surface area (Å²) < 4.78 is 33.6. The van der Waals surface area contributed by atoms with Gasteiger partial charge in [0.15, 0.2) is 12.2 Å². The largest absolute Gasteiger partial charge is 0.443 e. The molecular weight excluding hydrogens is 250 g/mol. The van der Waals surface area contributed by atoms with Crippen molar-refractivity contribution in [3.05, 3.63) is 40.9 Å². The highest BCUT2D eigenvalue weighted by Gasteiger charge is 2.18. The van der Waals surface area contributed by atoms with Crippen LogP contribution in [0.5, 0.6) is 5.75 Å². The summed E-state index contributed by atoms with van der Waals surface area (Å²) in [6.07, 6.45) is 2.41. The van der Waals surface area contributed by atoms with Crippen LogP contribution >= 0.6 is 0 Å². The molecule has 8 heteroatoms. The third-order valence-corrected chi connectivity index (χ3v) is 2.09. The molecule has 0 atom stereocenters. The van der Waals surface area contributed by atoms with Gasteiger partial charge in [-0.1, -0.05) is 0 Å². The van der Waals surface area contributed by atoms with E-state index in [1.54, 1.807) is 0 Å². The quantitative estimate of drug-likeness (QED) is 0.620. The van der Waals surface area contributed by atoms with Crippen LogP contribution < -0.4 is 4.74 Å². The van der Waals surface area contributed by atoms with E-state index in [2.05, 4.69) is 9.72 Å². The van der Waals surface area contributed by atoms with E-state index in [1.807, 2.05) is 0 Å². The van der Waals surface area contributed by atoms with Gasteiger partial charge in [-0.05, 0) is 6.07 Å². The summed E-state index contributed by atoms with van der Waals surface area (Å²) in [6, 6.07) is 3.33. The highest BCUT2D eigenvalue weighted by Crippen LogP contribution is 2.34. The molecule has 2 rings (SSSR count). The fourth-order valence-corrected chi connectivity index (χ4v) is 1.37. The summed E-state index contributed by atoms with van der Waals surface area (Å²) in [7, 11) is 0. The van der Waals surface area contributed by atoms with E-state index in [9.17, 15) is 18.9 Å². The van der Waals surface area contributed by atoms with E-state index in [1.165, 1.54) is 12.3 Å². The van der Waals surface area contributed by atoms with Gasteiger partial charge in [0.25, 0.3) is 5.69 Å². The summed E-state index contributed by atoms with van der Waals surface area (Å²) in [5.41, 5.74) is -0.188. The molecule has 18 heavy (non-hydrogen) atoms. The number of rotatable bonds is 4. The van der Waals surface area contributed by atoms with Crippen molar-refractivity contribution in [2.24, 2.45) is 0 Å². The number of ether oxygens (including phenoxy) is 1. The number of non-ortho nitro benzene ring substituents is 1. The predicted molar refractivity (Wildman–Crippen MR) is 55.2 cm³/mol. The van der Waals surface area contributed by atoms with Crippen molar-refractivity contribution in [3.63, 3.8) is 0 Å². The van der Waals surface area contributed by atoms with Crippen molar-refractivity contribution in [2.75, 3.05) is 0 Å². The Labute approximate surface area is 99.0 Å². The van der Waals surface area contributed by atoms with Gasteiger partial charge in [-0.15, -0.1) is 0 Å². The van der Waals surface area contributed by atoms with Crippen LogP contribution in [-0.2, 0) is 0 Å². The molecule has 0 amide bonds. The molecule has 0 aliphatic carbocycles. The van der Waals surface area contributed by atoms with E-state index in [0.29, 0.717) is 0 Å². The van der Waals surface area contributed by atoms with Crippen LogP contribution in [0.15, 0.2) is 35.2 Å². The van der Waals surface area contributed by atoms with E-state index in [0.717, 1.165) is 18.5 Å². The minimum Gasteiger partial charge on any atom is -0.443 e. The molecule has 0 saturated heterocycles. The highest BCUT2D eigenvalue weighted by atomic mass is 19.3. The van der Waals surface area contributed by atoms with Crippen molar-refractivity contribution < 1.29 is 22.9 Å². The van der Waals surface area contributed by atoms with Gasteiger partial charge in [-0.25, -0.2) is 4.98 Å². The van der Waals surface area contributed by atoms with E-state index >= 15 is 0 Å². The molecule has 0 unspecified atom stereocenters. The Morgan fingerprint density at radius 1 is 1.44 bits per heavy atom. The number of aromatic nitrogens is 1. The van der Waals surface area contributed by atoms with Gasteiger partial charge in [0.1, 0.15) is 5.75 Å². The lowest BCUT2D eigenvalue weighted by atomic mass is 10.1. The van der Waals surface area contributed by atoms with Gasteiger partial charge in [-0.3, -0.25) is 10.1 Å². The molecule has 0 saturated carbocycles. The Morgan fingerprint density at radius 2 is 2.22 bits per heavy atom. The molecule has 0 aliphatic heterocycles. The molecule has 1 aromatic carbocycles. The standard InChI is InChI=1S/C10H6F2N2O4/c11-10(12)18-8-3-6(14(15)16)1-2-7(8)9-4-13-5-17-9/h1-5,10H. The maximum atomic E-state index is 12.2. The molecule has 0 N–H and O–H groups in total. The van der Waals surface area contributed by atoms with E-state index < -0.39 is 11.5 Å². The van der Waals surface area contributed by atoms with Crippen LogP contribution in [0.3, 0.4) is 0 Å². The van der Waals surface area contributed by atoms with Crippen molar-refractivity contribution in [1.29, 1.82) is 0 Å². The fraction of sp³-hybridized carbons (Fsp3) is 0.100. The van der Waals surface area contributed by atoms with Crippen molar-refractivity contribution in [3.8, 4) is 17.1 Å². The first-order chi connectivity index (χ1) is 8.58. The maximum absolute atomic E-state index is 12.2. The first-order valence-electron chi connectivity index (χ1n) is 4.70. The van der Waals surface area contributed by atoms with E-state index in [-0.39, 0.29) is 22.8 Å². The Morgan fingerprint density at radius 3 is 2.78 bits per heavy atom. The number of alkyl halides is 2. The first-order valence-corrected chi connectivity index (χ1v) is 4.70. The Balaban J connectivity index is 2.48. The van der Waals surface area contributed by atoms with Gasteiger partial charge >= 0.3 is 6.61 Å². The van der Waals surface area contributed by atoms with Crippen LogP contribution in [0.1, 0.15) is 0 Å². The lowest BCUT2D eigenvalue weighted by Crippen LogP contribution is -2.03. The van der Waals surface area contributed by atoms with Gasteiger partial charge in [0.2, 0.25) is 0 Å². The first kappa shape index (κ1) is 12.0. The summed E-state index contributed by atoms with van der Waals surface area (Å²) in [4.78, 5) is 13.5. The molecule has 0 radical (unpaired) electrons. The smallest absolute Gasteiger partial charge is 0.387 e. The Kier molecular flexibility index (Phi) is 3.18. The van der Waals surface area contributed by atoms with Crippen LogP contribution in [0.2, 0.25) is 0 Å². The summed E-state index contributed by atoms with van der Waals surface area (Å²) in [5, 5.41) is 10.6. The zero-order valence-corrected chi connectivity index (χ0v) is 8.75. The molecule has 1 heterocycles. The molecule has 2 aromatic rings. The van der Waals surface area contributed by atoms with Crippen LogP contribution in [0.25, 0.3) is 11.3 Å². The molecule has 0 fully saturated rings. The van der Waals surface area contributed by atoms with Gasteiger partial charge in [-0.2, -0.15) is 8.78 Å². The number of benzene rings is 1. The van der Waals surface area contributed by atoms with Crippen molar-refractivity contribution in [1.82, 2.24) is 4.98 Å². The molecule has 0 spiro atoms. The number of nitrogens with zero attached hydrogens (tertiary/aromatic N) is 2. The fourth-order valence-electron chi connectivity index (χ4n) is 1.37. The third-order valence-electron chi connectivity index (χ3n) is 2.09. The zero-order valence-electron chi connectivity index (χ0n) is 8.75. The van der Waals surface area contributed by atoms with Crippen LogP contribution in [0.4, 0.5) is 14.5 Å². The summed E-state index contributed by atoms with van der Waals surface area (Å²) in [6.45, 7) is -3.09. The molecular formula is C10H6F2N2O4. The second kappa shape index (κ2) is 4.78. The summed E-state index contributed by atoms with van der Waals surface area (Å²) in [5.74, 6) is -0.156. The number of halogens is 2. The second-order valence-electron chi connectivity index (χ2n) is 3.18. The Bertz CT molecular complexity index is 557. The van der Waals surface area contributed by atoms with Gasteiger partial charge in [0, 0.05) is 6.07 Å². The number of hydrogen-bond donors (Lipinski definition) is 0. The van der Waals surface area contributed by atoms with Crippen LogP contribution in [-0.4, -0.2) is 16.5 Å². The topological polar surface area (TPSA) is 78.4 Å². The summed E-state index contributed by atoms with van der Waals surface area (Å²) >= 11 is 0. The average Bonchev–Trinajstić information content (AvgIpc) is 2.81. The van der Waals surface area contributed by atoms with Gasteiger partial charge in [0.05, 0.1) is 22.7 Å². The zero-order chi connectivity index (χ0) is 13.1. The lowest BCUT2D eigenvalue weighted by molar-refractivity contribution is -0.385. The molecule has 0 bridgehead atoms. The highest BCUT2D eigenvalue weighted by molar-refractivity contribution is 5.67. The number of nitro groups is 1. The van der Waals surface area contributed by atoms with Gasteiger partial charge < -0.3 is 9.15 Å². The SMILES string of the molecule is O=[N+]([O-])c1ccc(-c2cnco2)c(OC(F)F)c1. The van der Waals surface area contributed by atoms with Crippen LogP contribution in [0, 0.1) is 10.1 Å². The van der Waals surface area contributed by atoms with E-state index in [4.69, 9.17) is 4.42 Å². The number of hydrogen-bond acceptors (Lipinski definition) is 5. The number of oxazole rings is 1. The normalized spacial score (nSPS) is 10.6. The van der Waals surface area contributed by atoms with Crippen molar-refractivity contribution in [2.45, 2.75) is 6.61 Å². The molecule has 1 aromatic heterocycles.